The molecule has 0 bridgehead atoms. The molecule has 0 aliphatic carbocycles. The van der Waals surface area contributed by atoms with Gasteiger partial charge in [-0.3, -0.25) is 4.79 Å². The maximum atomic E-state index is 12.6. The van der Waals surface area contributed by atoms with Crippen molar-refractivity contribution < 1.29 is 27.1 Å². The molecule has 0 aliphatic heterocycles. The summed E-state index contributed by atoms with van der Waals surface area (Å²) in [5, 5.41) is -0.765. The summed E-state index contributed by atoms with van der Waals surface area (Å²) < 4.78 is 52.7. The highest BCUT2D eigenvalue weighted by Crippen LogP contribution is 2.27. The smallest absolute Gasteiger partial charge is 0.428 e. The number of hydrogen-bond donors (Lipinski definition) is 0. The second kappa shape index (κ2) is 5.56. The van der Waals surface area contributed by atoms with Crippen LogP contribution in [0.25, 0.3) is 0 Å². The number of Topliss-reactive ketones (excluding diaryl/α,β-unsaturated/α-hetero) is 1. The maximum absolute atomic E-state index is 12.6. The third-order valence-electron chi connectivity index (χ3n) is 2.01. The second-order valence-electron chi connectivity index (χ2n) is 3.47. The number of carbonyl (C=O) groups excluding carboxylic acids is 1. The average Bonchev–Trinajstić information content (AvgIpc) is 2.28. The number of hydrogen-bond acceptors (Lipinski definition) is 2. The van der Waals surface area contributed by atoms with E-state index in [1.54, 1.807) is 0 Å². The molecule has 0 heterocycles. The molecule has 0 radical (unpaired) electrons. The van der Waals surface area contributed by atoms with E-state index in [0.717, 1.165) is 12.1 Å². The van der Waals surface area contributed by atoms with Gasteiger partial charge in [0.25, 0.3) is 0 Å². The average molecular weight is 285 g/mol. The molecular formula is C11H9ClF4O2. The lowest BCUT2D eigenvalue weighted by Gasteiger charge is -2.16. The standard InChI is InChI=1S/C11H9ClF4O2/c1-6(12)9(17)7-2-4-8(5-3-7)18-11(15,16)10(13)14/h2-6,10H,1H3. The van der Waals surface area contributed by atoms with Crippen molar-refractivity contribution in [3.63, 3.8) is 0 Å². The van der Waals surface area contributed by atoms with Crippen molar-refractivity contribution in [3.05, 3.63) is 29.8 Å². The summed E-state index contributed by atoms with van der Waals surface area (Å²) in [6.07, 6.45) is -8.49. The number of ketones is 1. The van der Waals surface area contributed by atoms with Gasteiger partial charge in [0.05, 0.1) is 5.38 Å². The molecule has 100 valence electrons. The Kier molecular flexibility index (Phi) is 4.56. The van der Waals surface area contributed by atoms with Crippen molar-refractivity contribution >= 4 is 17.4 Å². The summed E-state index contributed by atoms with van der Waals surface area (Å²) >= 11 is 5.55. The number of ether oxygens (including phenoxy) is 1. The van der Waals surface area contributed by atoms with Crippen LogP contribution in [-0.4, -0.2) is 23.7 Å². The summed E-state index contributed by atoms with van der Waals surface area (Å²) in [5.74, 6) is -0.858. The van der Waals surface area contributed by atoms with E-state index in [4.69, 9.17) is 11.6 Å². The van der Waals surface area contributed by atoms with Gasteiger partial charge in [-0.2, -0.15) is 17.6 Å². The van der Waals surface area contributed by atoms with Gasteiger partial charge in [-0.25, -0.2) is 0 Å². The highest BCUT2D eigenvalue weighted by Gasteiger charge is 2.43. The van der Waals surface area contributed by atoms with Gasteiger partial charge in [-0.1, -0.05) is 0 Å². The van der Waals surface area contributed by atoms with Crippen molar-refractivity contribution in [1.82, 2.24) is 0 Å². The fourth-order valence-electron chi connectivity index (χ4n) is 1.12. The summed E-state index contributed by atoms with van der Waals surface area (Å²) in [5.41, 5.74) is 0.185. The van der Waals surface area contributed by atoms with E-state index in [1.807, 2.05) is 0 Å². The molecule has 1 atom stereocenters. The van der Waals surface area contributed by atoms with Crippen molar-refractivity contribution in [3.8, 4) is 5.75 Å². The molecule has 7 heteroatoms. The molecule has 0 saturated carbocycles. The van der Waals surface area contributed by atoms with Gasteiger partial charge in [0.1, 0.15) is 5.75 Å². The molecule has 1 aromatic carbocycles. The van der Waals surface area contributed by atoms with Crippen molar-refractivity contribution in [2.45, 2.75) is 24.8 Å². The van der Waals surface area contributed by atoms with Gasteiger partial charge in [0.15, 0.2) is 5.78 Å². The van der Waals surface area contributed by atoms with Crippen LogP contribution in [0.3, 0.4) is 0 Å². The maximum Gasteiger partial charge on any atom is 0.461 e. The number of carbonyl (C=O) groups is 1. The minimum Gasteiger partial charge on any atom is -0.428 e. The number of benzene rings is 1. The van der Waals surface area contributed by atoms with E-state index in [0.29, 0.717) is 0 Å². The topological polar surface area (TPSA) is 26.3 Å². The zero-order valence-electron chi connectivity index (χ0n) is 9.17. The van der Waals surface area contributed by atoms with E-state index in [2.05, 4.69) is 4.74 Å². The summed E-state index contributed by atoms with van der Waals surface area (Å²) in [6, 6.07) is 4.36. The first kappa shape index (κ1) is 14.8. The first-order valence-electron chi connectivity index (χ1n) is 4.87. The zero-order valence-corrected chi connectivity index (χ0v) is 9.93. The van der Waals surface area contributed by atoms with Crippen LogP contribution in [-0.2, 0) is 0 Å². The van der Waals surface area contributed by atoms with E-state index >= 15 is 0 Å². The Morgan fingerprint density at radius 1 is 1.28 bits per heavy atom. The fraction of sp³-hybridized carbons (Fsp3) is 0.364. The lowest BCUT2D eigenvalue weighted by Crippen LogP contribution is -2.33. The Hall–Kier alpha value is -1.30. The molecule has 1 rings (SSSR count). The Balaban J connectivity index is 2.81. The van der Waals surface area contributed by atoms with Crippen LogP contribution < -0.4 is 4.74 Å². The monoisotopic (exact) mass is 284 g/mol. The molecule has 18 heavy (non-hydrogen) atoms. The van der Waals surface area contributed by atoms with Crippen LogP contribution in [0.2, 0.25) is 0 Å². The number of rotatable bonds is 5. The molecule has 0 aromatic heterocycles. The Morgan fingerprint density at radius 2 is 1.78 bits per heavy atom. The highest BCUT2D eigenvalue weighted by atomic mass is 35.5. The normalized spacial score (nSPS) is 13.5. The lowest BCUT2D eigenvalue weighted by atomic mass is 10.1. The predicted molar refractivity (Wildman–Crippen MR) is 57.7 cm³/mol. The Bertz CT molecular complexity index is 418. The lowest BCUT2D eigenvalue weighted by molar-refractivity contribution is -0.253. The molecule has 0 N–H and O–H groups in total. The number of halogens is 5. The van der Waals surface area contributed by atoms with Crippen molar-refractivity contribution in [2.75, 3.05) is 0 Å². The molecule has 0 saturated heterocycles. The van der Waals surface area contributed by atoms with E-state index < -0.39 is 29.4 Å². The molecule has 0 amide bonds. The summed E-state index contributed by atoms with van der Waals surface area (Å²) in [4.78, 5) is 11.4. The fourth-order valence-corrected chi connectivity index (χ4v) is 1.24. The van der Waals surface area contributed by atoms with Crippen LogP contribution in [0.5, 0.6) is 5.75 Å². The molecular weight excluding hydrogens is 276 g/mol. The highest BCUT2D eigenvalue weighted by molar-refractivity contribution is 6.33. The van der Waals surface area contributed by atoms with Gasteiger partial charge < -0.3 is 4.74 Å². The molecule has 0 spiro atoms. The third kappa shape index (κ3) is 3.60. The first-order valence-corrected chi connectivity index (χ1v) is 5.31. The zero-order chi connectivity index (χ0) is 13.9. The van der Waals surface area contributed by atoms with Gasteiger partial charge in [0.2, 0.25) is 0 Å². The van der Waals surface area contributed by atoms with Gasteiger partial charge in [-0.15, -0.1) is 11.6 Å². The summed E-state index contributed by atoms with van der Waals surface area (Å²) in [6.45, 7) is 1.46. The van der Waals surface area contributed by atoms with Crippen molar-refractivity contribution in [2.24, 2.45) is 0 Å². The largest absolute Gasteiger partial charge is 0.461 e. The quantitative estimate of drug-likeness (QED) is 0.468. The first-order chi connectivity index (χ1) is 8.24. The molecule has 0 aliphatic rings. The van der Waals surface area contributed by atoms with E-state index in [-0.39, 0.29) is 5.56 Å². The SMILES string of the molecule is CC(Cl)C(=O)c1ccc(OC(F)(F)C(F)F)cc1. The Labute approximate surface area is 105 Å². The van der Waals surface area contributed by atoms with Gasteiger partial charge in [-0.05, 0) is 31.2 Å². The second-order valence-corrected chi connectivity index (χ2v) is 4.12. The molecule has 2 nitrogen and oxygen atoms in total. The van der Waals surface area contributed by atoms with Gasteiger partial charge in [0, 0.05) is 5.56 Å². The van der Waals surface area contributed by atoms with E-state index in [1.165, 1.54) is 19.1 Å². The van der Waals surface area contributed by atoms with Crippen LogP contribution in [0.15, 0.2) is 24.3 Å². The van der Waals surface area contributed by atoms with Crippen LogP contribution in [0.1, 0.15) is 17.3 Å². The minimum atomic E-state index is -4.56. The van der Waals surface area contributed by atoms with Crippen LogP contribution >= 0.6 is 11.6 Å². The third-order valence-corrected chi connectivity index (χ3v) is 2.21. The van der Waals surface area contributed by atoms with E-state index in [9.17, 15) is 22.4 Å². The molecule has 0 fully saturated rings. The van der Waals surface area contributed by atoms with Gasteiger partial charge >= 0.3 is 12.5 Å². The predicted octanol–water partition coefficient (Wildman–Crippen LogP) is 3.73. The minimum absolute atomic E-state index is 0.185. The molecule has 1 aromatic rings. The molecule has 1 unspecified atom stereocenters. The van der Waals surface area contributed by atoms with Crippen LogP contribution in [0, 0.1) is 0 Å². The Morgan fingerprint density at radius 3 is 2.17 bits per heavy atom. The van der Waals surface area contributed by atoms with Crippen LogP contribution in [0.4, 0.5) is 17.6 Å². The van der Waals surface area contributed by atoms with Crippen molar-refractivity contribution in [1.29, 1.82) is 0 Å². The number of alkyl halides is 5. The summed E-state index contributed by atoms with van der Waals surface area (Å²) in [7, 11) is 0.